The van der Waals surface area contributed by atoms with Gasteiger partial charge >= 0.3 is 17.9 Å². The number of ether oxygens (including phenoxy) is 2. The number of carboxylic acid groups (broad SMARTS) is 1. The SMILES string of the molecule is CC(=O)NC(C)C(=O)N1CCCC1C(=O)N1CCCC1C(=O)NC(C)C(=O)NC1C(=O)NC(CC(C)C)C(=O)NC2CCCCNC(=O)CCC(C(=O)NC(Cc3ccc(O)cc3)C(=O)O)NC(=O)C3CCC(=O)OCC(NC(=O)C4CCCN4C(=O)C(Cc4c[nH]c5ccccc45)NC2=O)C(=O)NC(CC(=O)OC1C)C(=O)NC(Cc1c[nH]c2ccccc12)C(=O)N3. The first-order valence-corrected chi connectivity index (χ1v) is 43.3. The fourth-order valence-corrected chi connectivity index (χ4v) is 16.9. The van der Waals surface area contributed by atoms with Crippen molar-refractivity contribution < 1.29 is 111 Å². The van der Waals surface area contributed by atoms with Gasteiger partial charge in [0.1, 0.15) is 109 Å². The number of phenolic OH excluding ortho intramolecular Hbond substituents is 1. The first-order valence-electron chi connectivity index (χ1n) is 43.3. The molecule has 41 heteroatoms. The number of amides is 16. The predicted molar refractivity (Wildman–Crippen MR) is 454 cm³/mol. The fraction of sp³-hybridized carbons (Fsp3) is 0.529. The Morgan fingerprint density at radius 1 is 0.531 bits per heavy atom. The molecule has 11 rings (SSSR count). The molecule has 41 nitrogen and oxygen atoms in total. The van der Waals surface area contributed by atoms with Crippen LogP contribution in [-0.4, -0.2) is 277 Å². The number of esters is 2. The van der Waals surface area contributed by atoms with Crippen LogP contribution in [0.1, 0.15) is 155 Å². The van der Waals surface area contributed by atoms with E-state index in [1.807, 2.05) is 0 Å². The van der Waals surface area contributed by atoms with Crippen LogP contribution in [0.3, 0.4) is 0 Å². The van der Waals surface area contributed by atoms with E-state index in [2.05, 4.69) is 79.1 Å². The number of hydrogen-bond acceptors (Lipinski definition) is 22. The van der Waals surface area contributed by atoms with Gasteiger partial charge in [0.15, 0.2) is 0 Å². The third kappa shape index (κ3) is 24.8. The molecular formula is C87H112N18O23. The molecule has 6 aliphatic heterocycles. The van der Waals surface area contributed by atoms with Gasteiger partial charge in [-0.1, -0.05) is 62.4 Å². The van der Waals surface area contributed by atoms with E-state index in [0.717, 1.165) is 6.92 Å². The van der Waals surface area contributed by atoms with Crippen molar-refractivity contribution in [3.05, 3.63) is 102 Å². The topological polar surface area (TPSA) is 581 Å². The molecule has 6 aliphatic rings. The Hall–Kier alpha value is -13.5. The van der Waals surface area contributed by atoms with E-state index in [0.29, 0.717) is 51.3 Å². The Kier molecular flexibility index (Phi) is 32.4. The van der Waals surface area contributed by atoms with Crippen LogP contribution >= 0.6 is 0 Å². The number of aromatic amines is 2. The molecule has 3 aromatic carbocycles. The van der Waals surface area contributed by atoms with E-state index < -0.39 is 260 Å². The second-order valence-electron chi connectivity index (χ2n) is 33.7. The minimum Gasteiger partial charge on any atom is -0.508 e. The summed E-state index contributed by atoms with van der Waals surface area (Å²) in [6.45, 7) is 7.39. The summed E-state index contributed by atoms with van der Waals surface area (Å²) in [5.41, 5.74) is 2.38. The van der Waals surface area contributed by atoms with E-state index in [1.165, 1.54) is 65.9 Å². The second-order valence-corrected chi connectivity index (χ2v) is 33.7. The molecule has 0 radical (unpaired) electrons. The monoisotopic (exact) mass is 1780 g/mol. The maximum atomic E-state index is 15.7. The largest absolute Gasteiger partial charge is 0.508 e. The van der Waals surface area contributed by atoms with Crippen molar-refractivity contribution >= 4 is 134 Å². The average molecular weight is 1780 g/mol. The zero-order valence-corrected chi connectivity index (χ0v) is 72.0. The molecule has 16 atom stereocenters. The summed E-state index contributed by atoms with van der Waals surface area (Å²) in [5.74, 6) is -20.3. The van der Waals surface area contributed by atoms with Crippen molar-refractivity contribution in [2.24, 2.45) is 5.92 Å². The zero-order chi connectivity index (χ0) is 92.3. The minimum absolute atomic E-state index is 0.00592. The summed E-state index contributed by atoms with van der Waals surface area (Å²) < 4.78 is 11.7. The van der Waals surface area contributed by atoms with E-state index in [1.54, 1.807) is 68.6 Å². The number of cyclic esters (lactones) is 1. The summed E-state index contributed by atoms with van der Waals surface area (Å²) in [7, 11) is 0. The molecule has 17 N–H and O–H groups in total. The van der Waals surface area contributed by atoms with Crippen molar-refractivity contribution in [1.82, 2.24) is 93.8 Å². The van der Waals surface area contributed by atoms with Crippen molar-refractivity contribution in [3.63, 3.8) is 0 Å². The molecule has 0 saturated carbocycles. The van der Waals surface area contributed by atoms with Crippen LogP contribution < -0.4 is 69.1 Å². The highest BCUT2D eigenvalue weighted by molar-refractivity contribution is 6.03. The van der Waals surface area contributed by atoms with Gasteiger partial charge < -0.3 is 113 Å². The van der Waals surface area contributed by atoms with Crippen LogP contribution in [0.2, 0.25) is 0 Å². The zero-order valence-electron chi connectivity index (χ0n) is 72.0. The number of aliphatic carboxylic acids is 1. The predicted octanol–water partition coefficient (Wildman–Crippen LogP) is -1.88. The van der Waals surface area contributed by atoms with Crippen molar-refractivity contribution in [2.75, 3.05) is 32.8 Å². The first kappa shape index (κ1) is 95.1. The number of phenols is 1. The van der Waals surface area contributed by atoms with Gasteiger partial charge in [-0.05, 0) is 145 Å². The number of nitrogens with zero attached hydrogens (tertiary/aromatic N) is 3. The Morgan fingerprint density at radius 3 is 1.77 bits per heavy atom. The standard InChI is InChI=1S/C87H112N18O23/c1-44(2)36-60-77(115)93-57-20-11-12-32-88-69(108)30-28-58(76(114)100-64(87(125)126)37-49-24-26-52(107)27-25-49)94-75(113)59-29-31-70(109)127-43-65(101-82(120)67-22-13-33-103(67)85(123)63(99-74(57)112)39-51-42-90-56-19-10-8-17-54(51)56)80(118)97-62(79(117)96-61(78(116)95-59)38-50-41-89-55-18-9-7-16-53(50)55)40-71(110)128-47(5)72(83(121)98-60)102-73(111)45(3)92-81(119)66-21-14-34-104(66)86(124)68-23-15-35-105(68)84(122)46(4)91-48(6)106/h7-10,16-19,24-27,41-42,44-47,57-68,72,89-90,107H,11-15,20-23,28-40,43H2,1-6H3,(H,88,108)(H,91,106)(H,92,119)(H,93,115)(H,94,113)(H,95,116)(H,96,117)(H,97,118)(H,98,121)(H,99,112)(H,100,114)(H,101,120)(H,102,111)(H,125,126). The average Bonchev–Trinajstić information content (AvgIpc) is 1.64. The number of rotatable bonds is 18. The van der Waals surface area contributed by atoms with Crippen molar-refractivity contribution in [3.8, 4) is 5.75 Å². The lowest BCUT2D eigenvalue weighted by Crippen LogP contribution is -2.62. The fourth-order valence-electron chi connectivity index (χ4n) is 16.9. The first-order chi connectivity index (χ1) is 61.1. The molecule has 128 heavy (non-hydrogen) atoms. The highest BCUT2D eigenvalue weighted by Gasteiger charge is 2.47. The summed E-state index contributed by atoms with van der Waals surface area (Å²) in [4.78, 5) is 290. The van der Waals surface area contributed by atoms with Crippen molar-refractivity contribution in [2.45, 2.75) is 254 Å². The molecular weight excluding hydrogens is 1670 g/mol. The van der Waals surface area contributed by atoms with Crippen LogP contribution in [-0.2, 0) is 120 Å². The molecule has 688 valence electrons. The number of H-pyrrole nitrogens is 2. The Morgan fingerprint density at radius 2 is 1.11 bits per heavy atom. The third-order valence-corrected chi connectivity index (χ3v) is 23.7. The molecule has 16 unspecified atom stereocenters. The quantitative estimate of drug-likeness (QED) is 0.0427. The van der Waals surface area contributed by atoms with Crippen LogP contribution in [0.5, 0.6) is 5.75 Å². The maximum absolute atomic E-state index is 15.7. The van der Waals surface area contributed by atoms with Crippen LogP contribution in [0.15, 0.2) is 85.2 Å². The van der Waals surface area contributed by atoms with Gasteiger partial charge in [0.2, 0.25) is 94.5 Å². The summed E-state index contributed by atoms with van der Waals surface area (Å²) in [6.07, 6.45) is -2.97. The number of carboxylic acids is 1. The van der Waals surface area contributed by atoms with E-state index >= 15 is 47.9 Å². The highest BCUT2D eigenvalue weighted by atomic mass is 16.5. The number of carbonyl (C=O) groups excluding carboxylic acids is 18. The lowest BCUT2D eigenvalue weighted by Gasteiger charge is -2.32. The smallest absolute Gasteiger partial charge is 0.326 e. The Labute approximate surface area is 735 Å². The Balaban J connectivity index is 1.00. The normalized spacial score (nSPS) is 25.8. The molecule has 4 bridgehead atoms. The number of aromatic nitrogens is 2. The summed E-state index contributed by atoms with van der Waals surface area (Å²) >= 11 is 0. The molecule has 6 fully saturated rings. The summed E-state index contributed by atoms with van der Waals surface area (Å²) in [5, 5.41) is 55.3. The van der Waals surface area contributed by atoms with Gasteiger partial charge in [-0.2, -0.15) is 0 Å². The van der Waals surface area contributed by atoms with Crippen LogP contribution in [0, 0.1) is 5.92 Å². The second kappa shape index (κ2) is 43.6. The number of carbonyl (C=O) groups is 19. The lowest BCUT2D eigenvalue weighted by molar-refractivity contribution is -0.154. The summed E-state index contributed by atoms with van der Waals surface area (Å²) in [6, 6.07) is -5.58. The molecule has 6 saturated heterocycles. The molecule has 16 amide bonds. The molecule has 5 aromatic rings. The van der Waals surface area contributed by atoms with E-state index in [4.69, 9.17) is 9.47 Å². The number of likely N-dealkylation sites (tertiary alicyclic amines) is 2. The van der Waals surface area contributed by atoms with Gasteiger partial charge in [0.25, 0.3) is 0 Å². The van der Waals surface area contributed by atoms with Crippen LogP contribution in [0.4, 0.5) is 0 Å². The third-order valence-electron chi connectivity index (χ3n) is 23.7. The number of nitrogens with one attached hydrogen (secondary N) is 15. The van der Waals surface area contributed by atoms with E-state index in [9.17, 15) is 53.4 Å². The molecule has 0 aliphatic carbocycles. The number of fused-ring (bicyclic) bond motifs is 14. The molecule has 8 heterocycles. The number of benzene rings is 3. The maximum Gasteiger partial charge on any atom is 0.326 e. The molecule has 2 aromatic heterocycles. The highest BCUT2D eigenvalue weighted by Crippen LogP contribution is 2.29. The number of para-hydroxylation sites is 2. The van der Waals surface area contributed by atoms with Gasteiger partial charge in [0, 0.05) is 99.4 Å². The number of aromatic hydroxyl groups is 1. The minimum atomic E-state index is -2.24. The van der Waals surface area contributed by atoms with Crippen molar-refractivity contribution in [1.29, 1.82) is 0 Å². The van der Waals surface area contributed by atoms with Gasteiger partial charge in [0.05, 0.1) is 6.42 Å². The van der Waals surface area contributed by atoms with Crippen LogP contribution in [0.25, 0.3) is 21.8 Å². The molecule has 0 spiro atoms. The van der Waals surface area contributed by atoms with Gasteiger partial charge in [-0.3, -0.25) is 86.3 Å². The van der Waals surface area contributed by atoms with Gasteiger partial charge in [-0.15, -0.1) is 0 Å². The van der Waals surface area contributed by atoms with E-state index in [-0.39, 0.29) is 96.1 Å². The lowest BCUT2D eigenvalue weighted by atomic mass is 10.00. The number of hydrogen-bond donors (Lipinski definition) is 17. The Bertz CT molecular complexity index is 5030. The van der Waals surface area contributed by atoms with Gasteiger partial charge in [-0.25, -0.2) is 4.79 Å².